The van der Waals surface area contributed by atoms with Crippen LogP contribution in [0.1, 0.15) is 32.1 Å². The molecule has 1 N–H and O–H groups in total. The summed E-state index contributed by atoms with van der Waals surface area (Å²) in [4.78, 5) is 0. The molecule has 1 saturated carbocycles. The number of thiol groups is 1. The molecule has 3 nitrogen and oxygen atoms in total. The van der Waals surface area contributed by atoms with Gasteiger partial charge in [0, 0.05) is 0 Å². The summed E-state index contributed by atoms with van der Waals surface area (Å²) >= 11 is 0. The second-order valence-corrected chi connectivity index (χ2v) is 3.27. The molecule has 0 aliphatic heterocycles. The second kappa shape index (κ2) is 3.93. The lowest BCUT2D eigenvalue weighted by atomic mass is 9.96. The molecule has 0 aromatic heterocycles. The van der Waals surface area contributed by atoms with Gasteiger partial charge in [0.25, 0.3) is 0 Å². The van der Waals surface area contributed by atoms with Gasteiger partial charge in [-0.25, -0.2) is 13.1 Å². The van der Waals surface area contributed by atoms with Gasteiger partial charge in [-0.2, -0.15) is 0 Å². The van der Waals surface area contributed by atoms with Crippen molar-refractivity contribution in [3.8, 4) is 0 Å². The highest BCUT2D eigenvalue weighted by Crippen LogP contribution is 2.22. The Morgan fingerprint density at radius 2 is 1.70 bits per heavy atom. The van der Waals surface area contributed by atoms with Crippen LogP contribution in [0.25, 0.3) is 0 Å². The number of nitrogens with one attached hydrogen (secondary N) is 1. The molecule has 1 aliphatic rings. The van der Waals surface area contributed by atoms with Gasteiger partial charge in [0.1, 0.15) is 0 Å². The van der Waals surface area contributed by atoms with Crippen LogP contribution in [-0.4, -0.2) is 8.42 Å². The molecule has 1 fully saturated rings. The van der Waals surface area contributed by atoms with E-state index in [4.69, 9.17) is 0 Å². The maximum Gasteiger partial charge on any atom is 0.201 e. The predicted molar refractivity (Wildman–Crippen MR) is 39.8 cm³/mol. The summed E-state index contributed by atoms with van der Waals surface area (Å²) in [6, 6.07) is 0.988. The largest absolute Gasteiger partial charge is 0.215 e. The summed E-state index contributed by atoms with van der Waals surface area (Å²) in [5.41, 5.74) is 0. The third-order valence-electron chi connectivity index (χ3n) is 1.71. The van der Waals surface area contributed by atoms with Crippen molar-refractivity contribution in [3.63, 3.8) is 0 Å². The van der Waals surface area contributed by atoms with Crippen LogP contribution < -0.4 is 4.72 Å². The molecule has 0 spiro atoms. The molecule has 10 heavy (non-hydrogen) atoms. The Kier molecular flexibility index (Phi) is 3.15. The summed E-state index contributed by atoms with van der Waals surface area (Å²) in [5.74, 6) is 0. The van der Waals surface area contributed by atoms with Crippen molar-refractivity contribution in [1.82, 2.24) is 4.72 Å². The van der Waals surface area contributed by atoms with Gasteiger partial charge in [0.2, 0.25) is 10.9 Å². The topological polar surface area (TPSA) is 46.2 Å². The van der Waals surface area contributed by atoms with Crippen LogP contribution in [0.4, 0.5) is 0 Å². The molecule has 0 unspecified atom stereocenters. The maximum absolute atomic E-state index is 10.2. The van der Waals surface area contributed by atoms with E-state index in [2.05, 4.69) is 4.72 Å². The third-order valence-corrected chi connectivity index (χ3v) is 2.21. The summed E-state index contributed by atoms with van der Waals surface area (Å²) in [6.07, 6.45) is 5.37. The van der Waals surface area contributed by atoms with Crippen LogP contribution in [0.15, 0.2) is 0 Å². The van der Waals surface area contributed by atoms with Gasteiger partial charge < -0.3 is 0 Å². The first kappa shape index (κ1) is 8.01. The van der Waals surface area contributed by atoms with Crippen LogP contribution in [0.3, 0.4) is 0 Å². The van der Waals surface area contributed by atoms with Crippen LogP contribution in [-0.2, 0) is 10.9 Å². The van der Waals surface area contributed by atoms with Crippen molar-refractivity contribution >= 4 is 10.9 Å². The fourth-order valence-corrected chi connectivity index (χ4v) is 1.70. The molecular formula is C6H12NO2S. The minimum absolute atomic E-state index is 0.934. The minimum Gasteiger partial charge on any atom is -0.215 e. The molecular weight excluding hydrogens is 150 g/mol. The van der Waals surface area contributed by atoms with E-state index in [9.17, 15) is 8.42 Å². The maximum atomic E-state index is 10.2. The Morgan fingerprint density at radius 1 is 1.10 bits per heavy atom. The lowest BCUT2D eigenvalue weighted by Gasteiger charge is -2.18. The number of hydrogen-bond donors (Lipinski definition) is 2. The van der Waals surface area contributed by atoms with E-state index in [1.54, 1.807) is 0 Å². The smallest absolute Gasteiger partial charge is 0.201 e. The van der Waals surface area contributed by atoms with Gasteiger partial charge in [0.15, 0.2) is 0 Å². The van der Waals surface area contributed by atoms with Crippen LogP contribution in [0.5, 0.6) is 0 Å². The van der Waals surface area contributed by atoms with Gasteiger partial charge in [-0.3, -0.25) is 0 Å². The van der Waals surface area contributed by atoms with E-state index < -0.39 is 10.9 Å². The van der Waals surface area contributed by atoms with Gasteiger partial charge in [-0.1, -0.05) is 19.3 Å². The highest BCUT2D eigenvalue weighted by molar-refractivity contribution is 7.70. The third kappa shape index (κ3) is 2.66. The van der Waals surface area contributed by atoms with Gasteiger partial charge in [-0.05, 0) is 12.8 Å². The first-order valence-electron chi connectivity index (χ1n) is 3.55. The molecule has 1 radical (unpaired) electrons. The predicted octanol–water partition coefficient (Wildman–Crippen LogP) is 0.598. The monoisotopic (exact) mass is 162 g/mol. The van der Waals surface area contributed by atoms with E-state index in [0.717, 1.165) is 31.7 Å². The molecule has 1 aliphatic carbocycles. The molecule has 0 saturated heterocycles. The quantitative estimate of drug-likeness (QED) is 0.584. The highest BCUT2D eigenvalue weighted by atomic mass is 32.2. The molecule has 0 amide bonds. The molecule has 4 heteroatoms. The fraction of sp³-hybridized carbons (Fsp3) is 0.833. The molecule has 0 bridgehead atoms. The molecule has 1 rings (SSSR count). The lowest BCUT2D eigenvalue weighted by Crippen LogP contribution is -2.21. The Bertz CT molecular complexity index is 153. The standard InChI is InChI=1S/C6H12NO2S/c8-10(9)7-6-4-2-1-3-5-6/h10H,1-5H2,(H,7,8,9). The van der Waals surface area contributed by atoms with Gasteiger partial charge >= 0.3 is 0 Å². The van der Waals surface area contributed by atoms with Crippen molar-refractivity contribution in [2.24, 2.45) is 0 Å². The van der Waals surface area contributed by atoms with Crippen LogP contribution >= 0.6 is 0 Å². The molecule has 0 aromatic carbocycles. The average molecular weight is 162 g/mol. The minimum atomic E-state index is -2.41. The van der Waals surface area contributed by atoms with Crippen molar-refractivity contribution < 1.29 is 8.42 Å². The van der Waals surface area contributed by atoms with Crippen molar-refractivity contribution in [3.05, 3.63) is 6.04 Å². The molecule has 0 aromatic rings. The zero-order chi connectivity index (χ0) is 7.40. The Hall–Kier alpha value is -0.0900. The molecule has 0 atom stereocenters. The fourth-order valence-electron chi connectivity index (χ4n) is 1.22. The van der Waals surface area contributed by atoms with Crippen LogP contribution in [0.2, 0.25) is 0 Å². The van der Waals surface area contributed by atoms with Crippen molar-refractivity contribution in [1.29, 1.82) is 0 Å². The first-order valence-corrected chi connectivity index (χ1v) is 4.72. The van der Waals surface area contributed by atoms with Gasteiger partial charge in [-0.15, -0.1) is 0 Å². The van der Waals surface area contributed by atoms with E-state index in [0.29, 0.717) is 0 Å². The van der Waals surface area contributed by atoms with Crippen LogP contribution in [0, 0.1) is 6.04 Å². The normalized spacial score (nSPS) is 21.7. The SMILES string of the molecule is O=[SH](=O)N[C]1CCCCC1. The highest BCUT2D eigenvalue weighted by Gasteiger charge is 2.13. The molecule has 59 valence electrons. The Balaban J connectivity index is 2.26. The number of hydrogen-bond acceptors (Lipinski definition) is 2. The Labute approximate surface area is 62.9 Å². The Morgan fingerprint density at radius 3 is 2.20 bits per heavy atom. The zero-order valence-corrected chi connectivity index (χ0v) is 6.69. The van der Waals surface area contributed by atoms with E-state index in [-0.39, 0.29) is 0 Å². The lowest BCUT2D eigenvalue weighted by molar-refractivity contribution is 0.505. The number of rotatable bonds is 2. The van der Waals surface area contributed by atoms with E-state index in [1.165, 1.54) is 6.42 Å². The van der Waals surface area contributed by atoms with Gasteiger partial charge in [0.05, 0.1) is 6.04 Å². The average Bonchev–Trinajstić information content (AvgIpc) is 1.88. The first-order chi connectivity index (χ1) is 4.79. The van der Waals surface area contributed by atoms with E-state index in [1.807, 2.05) is 0 Å². The second-order valence-electron chi connectivity index (χ2n) is 2.53. The summed E-state index contributed by atoms with van der Waals surface area (Å²) < 4.78 is 22.8. The summed E-state index contributed by atoms with van der Waals surface area (Å²) in [7, 11) is -2.41. The van der Waals surface area contributed by atoms with Crippen molar-refractivity contribution in [2.45, 2.75) is 32.1 Å². The van der Waals surface area contributed by atoms with Crippen molar-refractivity contribution in [2.75, 3.05) is 0 Å². The summed E-state index contributed by atoms with van der Waals surface area (Å²) in [5, 5.41) is 0. The molecule has 0 heterocycles. The summed E-state index contributed by atoms with van der Waals surface area (Å²) in [6.45, 7) is 0. The van der Waals surface area contributed by atoms with E-state index >= 15 is 0 Å². The zero-order valence-electron chi connectivity index (χ0n) is 5.80.